The second kappa shape index (κ2) is 8.83. The number of benzene rings is 2. The fourth-order valence-electron chi connectivity index (χ4n) is 2.84. The number of aromatic nitrogens is 1. The molecule has 142 valence electrons. The quantitative estimate of drug-likeness (QED) is 0.618. The number of quaternary nitrogens is 1. The van der Waals surface area contributed by atoms with Crippen molar-refractivity contribution in [3.8, 4) is 11.5 Å². The van der Waals surface area contributed by atoms with Crippen LogP contribution in [0.15, 0.2) is 42.5 Å². The standard InChI is InChI=1S/C20H23N3O3S/c1-23(13-20-22-15-6-4-5-7-18(15)27-20)12-19(24)21-11-14-8-9-16(25-2)17(10-14)26-3/h4-10H,11-13H2,1-3H3,(H,21,24)/p+1. The number of para-hydroxylation sites is 1. The number of methoxy groups -OCH3 is 2. The number of rotatable bonds is 8. The summed E-state index contributed by atoms with van der Waals surface area (Å²) in [7, 11) is 5.20. The van der Waals surface area contributed by atoms with E-state index in [9.17, 15) is 4.79 Å². The van der Waals surface area contributed by atoms with E-state index in [1.807, 2.05) is 43.4 Å². The number of amides is 1. The molecule has 1 atom stereocenters. The maximum atomic E-state index is 12.3. The monoisotopic (exact) mass is 386 g/mol. The van der Waals surface area contributed by atoms with Gasteiger partial charge in [0.15, 0.2) is 18.0 Å². The Labute approximate surface area is 162 Å². The van der Waals surface area contributed by atoms with Gasteiger partial charge in [-0.25, -0.2) is 4.98 Å². The molecule has 2 aromatic carbocycles. The first-order valence-corrected chi connectivity index (χ1v) is 9.54. The van der Waals surface area contributed by atoms with Crippen LogP contribution in [0.3, 0.4) is 0 Å². The summed E-state index contributed by atoms with van der Waals surface area (Å²) < 4.78 is 11.7. The van der Waals surface area contributed by atoms with Crippen LogP contribution in [0.2, 0.25) is 0 Å². The highest BCUT2D eigenvalue weighted by Crippen LogP contribution is 2.27. The normalized spacial score (nSPS) is 12.0. The summed E-state index contributed by atoms with van der Waals surface area (Å²) in [6.45, 7) is 1.57. The van der Waals surface area contributed by atoms with Gasteiger partial charge in [-0.05, 0) is 29.8 Å². The third-order valence-corrected chi connectivity index (χ3v) is 5.23. The first kappa shape index (κ1) is 19.1. The zero-order valence-electron chi connectivity index (χ0n) is 15.7. The lowest BCUT2D eigenvalue weighted by molar-refractivity contribution is -0.885. The molecule has 1 aromatic heterocycles. The Morgan fingerprint density at radius 1 is 1.15 bits per heavy atom. The SMILES string of the molecule is COc1ccc(CNC(=O)C[NH+](C)Cc2nc3ccccc3s2)cc1OC. The molecule has 3 aromatic rings. The van der Waals surface area contributed by atoms with Crippen LogP contribution in [0.1, 0.15) is 10.6 Å². The molecule has 0 aliphatic heterocycles. The van der Waals surface area contributed by atoms with Crippen LogP contribution >= 0.6 is 11.3 Å². The molecule has 0 saturated heterocycles. The highest BCUT2D eigenvalue weighted by molar-refractivity contribution is 7.18. The number of ether oxygens (including phenoxy) is 2. The molecular weight excluding hydrogens is 362 g/mol. The third kappa shape index (κ3) is 4.96. The van der Waals surface area contributed by atoms with Crippen LogP contribution in [-0.4, -0.2) is 38.7 Å². The van der Waals surface area contributed by atoms with Gasteiger partial charge < -0.3 is 19.7 Å². The Bertz CT molecular complexity index is 893. The number of likely N-dealkylation sites (N-methyl/N-ethyl adjacent to an activating group) is 1. The van der Waals surface area contributed by atoms with E-state index in [4.69, 9.17) is 9.47 Å². The number of hydrogen-bond acceptors (Lipinski definition) is 5. The zero-order valence-corrected chi connectivity index (χ0v) is 16.6. The second-order valence-electron chi connectivity index (χ2n) is 6.35. The molecule has 1 heterocycles. The summed E-state index contributed by atoms with van der Waals surface area (Å²) in [6, 6.07) is 13.7. The van der Waals surface area contributed by atoms with Crippen LogP contribution in [0.5, 0.6) is 11.5 Å². The van der Waals surface area contributed by atoms with Gasteiger partial charge in [0.2, 0.25) is 0 Å². The largest absolute Gasteiger partial charge is 0.493 e. The molecule has 2 N–H and O–H groups in total. The summed E-state index contributed by atoms with van der Waals surface area (Å²) in [5.41, 5.74) is 1.98. The second-order valence-corrected chi connectivity index (χ2v) is 7.47. The van der Waals surface area contributed by atoms with Crippen molar-refractivity contribution in [3.05, 3.63) is 53.0 Å². The van der Waals surface area contributed by atoms with Gasteiger partial charge in [-0.1, -0.05) is 18.2 Å². The maximum Gasteiger partial charge on any atom is 0.275 e. The highest BCUT2D eigenvalue weighted by Gasteiger charge is 2.13. The molecule has 1 unspecified atom stereocenters. The highest BCUT2D eigenvalue weighted by atomic mass is 32.1. The van der Waals surface area contributed by atoms with E-state index in [1.54, 1.807) is 25.6 Å². The predicted molar refractivity (Wildman–Crippen MR) is 106 cm³/mol. The van der Waals surface area contributed by atoms with Crippen LogP contribution in [-0.2, 0) is 17.9 Å². The van der Waals surface area contributed by atoms with Crippen molar-refractivity contribution < 1.29 is 19.2 Å². The number of nitrogens with zero attached hydrogens (tertiary/aromatic N) is 1. The lowest BCUT2D eigenvalue weighted by Gasteiger charge is -2.13. The van der Waals surface area contributed by atoms with Gasteiger partial charge in [-0.2, -0.15) is 0 Å². The maximum absolute atomic E-state index is 12.3. The van der Waals surface area contributed by atoms with Gasteiger partial charge in [-0.15, -0.1) is 11.3 Å². The molecule has 0 bridgehead atoms. The minimum atomic E-state index is 0.00314. The van der Waals surface area contributed by atoms with Crippen molar-refractivity contribution in [2.24, 2.45) is 0 Å². The Morgan fingerprint density at radius 3 is 2.67 bits per heavy atom. The van der Waals surface area contributed by atoms with Crippen molar-refractivity contribution in [2.45, 2.75) is 13.1 Å². The average molecular weight is 386 g/mol. The molecule has 0 aliphatic rings. The summed E-state index contributed by atoms with van der Waals surface area (Å²) in [4.78, 5) is 18.0. The van der Waals surface area contributed by atoms with Crippen LogP contribution in [0.25, 0.3) is 10.2 Å². The van der Waals surface area contributed by atoms with E-state index in [2.05, 4.69) is 16.4 Å². The minimum absolute atomic E-state index is 0.00314. The molecule has 0 fully saturated rings. The number of carbonyl (C=O) groups is 1. The van der Waals surface area contributed by atoms with Crippen molar-refractivity contribution in [1.82, 2.24) is 10.3 Å². The molecule has 7 heteroatoms. The summed E-state index contributed by atoms with van der Waals surface area (Å²) in [5, 5.41) is 4.00. The number of carbonyl (C=O) groups excluding carboxylic acids is 1. The van der Waals surface area contributed by atoms with Crippen LogP contribution in [0.4, 0.5) is 0 Å². The topological polar surface area (TPSA) is 64.9 Å². The number of nitrogens with one attached hydrogen (secondary N) is 2. The summed E-state index contributed by atoms with van der Waals surface area (Å²) in [6.07, 6.45) is 0. The number of fused-ring (bicyclic) bond motifs is 1. The predicted octanol–water partition coefficient (Wildman–Crippen LogP) is 1.64. The van der Waals surface area contributed by atoms with Gasteiger partial charge in [0, 0.05) is 6.54 Å². The van der Waals surface area contributed by atoms with Gasteiger partial charge in [-0.3, -0.25) is 4.79 Å². The fraction of sp³-hybridized carbons (Fsp3) is 0.300. The summed E-state index contributed by atoms with van der Waals surface area (Å²) >= 11 is 1.68. The van der Waals surface area contributed by atoms with Gasteiger partial charge in [0.25, 0.3) is 5.91 Å². The van der Waals surface area contributed by atoms with Crippen LogP contribution < -0.4 is 19.7 Å². The van der Waals surface area contributed by atoms with Gasteiger partial charge in [0.1, 0.15) is 11.6 Å². The van der Waals surface area contributed by atoms with Crippen molar-refractivity contribution in [2.75, 3.05) is 27.8 Å². The minimum Gasteiger partial charge on any atom is -0.493 e. The lowest BCUT2D eigenvalue weighted by atomic mass is 10.2. The molecule has 3 rings (SSSR count). The summed E-state index contributed by atoms with van der Waals surface area (Å²) in [5.74, 6) is 1.33. The molecule has 0 saturated carbocycles. The fourth-order valence-corrected chi connectivity index (χ4v) is 3.93. The van der Waals surface area contributed by atoms with Gasteiger partial charge >= 0.3 is 0 Å². The Morgan fingerprint density at radius 2 is 1.93 bits per heavy atom. The Hall–Kier alpha value is -2.64. The van der Waals surface area contributed by atoms with E-state index in [0.717, 1.165) is 27.5 Å². The van der Waals surface area contributed by atoms with E-state index in [1.165, 1.54) is 4.70 Å². The zero-order chi connectivity index (χ0) is 19.2. The van der Waals surface area contributed by atoms with E-state index in [-0.39, 0.29) is 5.91 Å². The third-order valence-electron chi connectivity index (χ3n) is 4.19. The van der Waals surface area contributed by atoms with Crippen molar-refractivity contribution in [3.63, 3.8) is 0 Å². The molecule has 1 amide bonds. The Kier molecular flexibility index (Phi) is 6.26. The number of hydrogen-bond donors (Lipinski definition) is 2. The molecule has 0 radical (unpaired) electrons. The Balaban J connectivity index is 1.51. The first-order chi connectivity index (χ1) is 13.1. The van der Waals surface area contributed by atoms with E-state index >= 15 is 0 Å². The lowest BCUT2D eigenvalue weighted by Crippen LogP contribution is -3.08. The molecule has 0 aliphatic carbocycles. The number of thiazole rings is 1. The molecule has 6 nitrogen and oxygen atoms in total. The van der Waals surface area contributed by atoms with E-state index in [0.29, 0.717) is 24.6 Å². The molecule has 0 spiro atoms. The first-order valence-electron chi connectivity index (χ1n) is 8.72. The van der Waals surface area contributed by atoms with Crippen molar-refractivity contribution in [1.29, 1.82) is 0 Å². The average Bonchev–Trinajstić information content (AvgIpc) is 3.08. The molecule has 27 heavy (non-hydrogen) atoms. The van der Waals surface area contributed by atoms with Crippen molar-refractivity contribution >= 4 is 27.5 Å². The van der Waals surface area contributed by atoms with Gasteiger partial charge in [0.05, 0.1) is 31.5 Å². The van der Waals surface area contributed by atoms with E-state index < -0.39 is 0 Å². The van der Waals surface area contributed by atoms with Crippen LogP contribution in [0, 0.1) is 0 Å². The smallest absolute Gasteiger partial charge is 0.275 e. The molecular formula is C20H24N3O3S+.